The van der Waals surface area contributed by atoms with E-state index in [1.165, 1.54) is 19.3 Å². The van der Waals surface area contributed by atoms with Gasteiger partial charge in [-0.1, -0.05) is 0 Å². The van der Waals surface area contributed by atoms with Crippen LogP contribution in [0, 0.1) is 17.8 Å². The van der Waals surface area contributed by atoms with Gasteiger partial charge in [-0.15, -0.1) is 0 Å². The van der Waals surface area contributed by atoms with E-state index in [0.717, 1.165) is 37.8 Å². The zero-order valence-electron chi connectivity index (χ0n) is 9.19. The van der Waals surface area contributed by atoms with Gasteiger partial charge in [-0.3, -0.25) is 4.79 Å². The van der Waals surface area contributed by atoms with Crippen LogP contribution in [0.1, 0.15) is 32.1 Å². The maximum atomic E-state index is 12.1. The van der Waals surface area contributed by atoms with Crippen LogP contribution in [-0.4, -0.2) is 29.9 Å². The summed E-state index contributed by atoms with van der Waals surface area (Å²) in [6, 6.07) is 0.326. The lowest BCUT2D eigenvalue weighted by molar-refractivity contribution is -0.134. The van der Waals surface area contributed by atoms with E-state index in [4.69, 9.17) is 5.73 Å². The number of hydrogen-bond donors (Lipinski definition) is 1. The molecule has 0 aromatic carbocycles. The normalized spacial score (nSPS) is 36.7. The number of amides is 1. The number of likely N-dealkylation sites (tertiary alicyclic amines) is 1. The molecule has 2 atom stereocenters. The summed E-state index contributed by atoms with van der Waals surface area (Å²) in [6.07, 6.45) is 5.91. The van der Waals surface area contributed by atoms with Gasteiger partial charge in [0.1, 0.15) is 0 Å². The minimum absolute atomic E-state index is 0.326. The van der Waals surface area contributed by atoms with E-state index >= 15 is 0 Å². The molecule has 2 saturated carbocycles. The van der Waals surface area contributed by atoms with Crippen LogP contribution in [0.5, 0.6) is 0 Å². The monoisotopic (exact) mass is 208 g/mol. The fourth-order valence-corrected chi connectivity index (χ4v) is 2.90. The Morgan fingerprint density at radius 3 is 2.40 bits per heavy atom. The van der Waals surface area contributed by atoms with Crippen LogP contribution in [0.3, 0.4) is 0 Å². The van der Waals surface area contributed by atoms with Crippen molar-refractivity contribution in [2.24, 2.45) is 23.5 Å². The van der Waals surface area contributed by atoms with Crippen molar-refractivity contribution in [2.45, 2.75) is 38.1 Å². The molecular weight excluding hydrogens is 188 g/mol. The van der Waals surface area contributed by atoms with Crippen molar-refractivity contribution in [3.05, 3.63) is 0 Å². The number of carbonyl (C=O) groups is 1. The van der Waals surface area contributed by atoms with E-state index in [2.05, 4.69) is 4.90 Å². The van der Waals surface area contributed by atoms with Crippen LogP contribution in [0.4, 0.5) is 0 Å². The van der Waals surface area contributed by atoms with Gasteiger partial charge in [0.15, 0.2) is 0 Å². The molecule has 1 heterocycles. The molecule has 2 unspecified atom stereocenters. The Kier molecular flexibility index (Phi) is 2.23. The fourth-order valence-electron chi connectivity index (χ4n) is 2.90. The van der Waals surface area contributed by atoms with Gasteiger partial charge in [-0.05, 0) is 43.9 Å². The molecule has 0 spiro atoms. The predicted octanol–water partition coefficient (Wildman–Crippen LogP) is 0.982. The highest BCUT2D eigenvalue weighted by atomic mass is 16.2. The number of piperidine rings is 1. The highest BCUT2D eigenvalue weighted by Gasteiger charge is 2.52. The van der Waals surface area contributed by atoms with E-state index in [9.17, 15) is 4.79 Å². The molecule has 3 aliphatic rings. The highest BCUT2D eigenvalue weighted by molar-refractivity contribution is 5.81. The first kappa shape index (κ1) is 9.64. The van der Waals surface area contributed by atoms with Gasteiger partial charge in [0.05, 0.1) is 0 Å². The van der Waals surface area contributed by atoms with Crippen molar-refractivity contribution in [1.82, 2.24) is 4.90 Å². The van der Waals surface area contributed by atoms with Crippen LogP contribution < -0.4 is 5.73 Å². The SMILES string of the molecule is NC1CCN(C(=O)C2CC2C2CC2)CC1. The van der Waals surface area contributed by atoms with Crippen molar-refractivity contribution in [2.75, 3.05) is 13.1 Å². The second kappa shape index (κ2) is 3.48. The first-order valence-electron chi connectivity index (χ1n) is 6.30. The summed E-state index contributed by atoms with van der Waals surface area (Å²) in [5, 5.41) is 0. The summed E-state index contributed by atoms with van der Waals surface area (Å²) in [4.78, 5) is 14.1. The molecule has 3 rings (SSSR count). The molecule has 1 aliphatic heterocycles. The largest absolute Gasteiger partial charge is 0.342 e. The number of nitrogens with zero attached hydrogens (tertiary/aromatic N) is 1. The lowest BCUT2D eigenvalue weighted by Gasteiger charge is -2.30. The number of rotatable bonds is 2. The van der Waals surface area contributed by atoms with Gasteiger partial charge in [0.2, 0.25) is 5.91 Å². The average molecular weight is 208 g/mol. The molecule has 2 aliphatic carbocycles. The van der Waals surface area contributed by atoms with Crippen molar-refractivity contribution in [1.29, 1.82) is 0 Å². The molecule has 3 heteroatoms. The van der Waals surface area contributed by atoms with E-state index in [1.54, 1.807) is 0 Å². The maximum Gasteiger partial charge on any atom is 0.225 e. The first-order chi connectivity index (χ1) is 7.25. The zero-order valence-corrected chi connectivity index (χ0v) is 9.19. The third-order valence-corrected chi connectivity index (χ3v) is 4.24. The summed E-state index contributed by atoms with van der Waals surface area (Å²) < 4.78 is 0. The van der Waals surface area contributed by atoms with Gasteiger partial charge in [0, 0.05) is 25.0 Å². The van der Waals surface area contributed by atoms with Gasteiger partial charge >= 0.3 is 0 Å². The zero-order chi connectivity index (χ0) is 10.4. The molecule has 0 bridgehead atoms. The van der Waals surface area contributed by atoms with Crippen LogP contribution >= 0.6 is 0 Å². The molecule has 3 fully saturated rings. The molecular formula is C12H20N2O. The molecule has 0 aromatic heterocycles. The predicted molar refractivity (Wildman–Crippen MR) is 58.1 cm³/mol. The molecule has 0 radical (unpaired) electrons. The Morgan fingerprint density at radius 2 is 1.80 bits per heavy atom. The Bertz CT molecular complexity index is 267. The fraction of sp³-hybridized carbons (Fsp3) is 0.917. The Labute approximate surface area is 91.0 Å². The minimum atomic E-state index is 0.326. The third kappa shape index (κ3) is 1.89. The van der Waals surface area contributed by atoms with Crippen molar-refractivity contribution in [3.8, 4) is 0 Å². The van der Waals surface area contributed by atoms with Gasteiger partial charge in [-0.2, -0.15) is 0 Å². The summed E-state index contributed by atoms with van der Waals surface area (Å²) in [5.41, 5.74) is 5.84. The van der Waals surface area contributed by atoms with Gasteiger partial charge < -0.3 is 10.6 Å². The van der Waals surface area contributed by atoms with Gasteiger partial charge in [0.25, 0.3) is 0 Å². The number of carbonyl (C=O) groups excluding carboxylic acids is 1. The molecule has 0 aromatic rings. The van der Waals surface area contributed by atoms with Gasteiger partial charge in [-0.25, -0.2) is 0 Å². The second-order valence-corrected chi connectivity index (χ2v) is 5.51. The first-order valence-corrected chi connectivity index (χ1v) is 6.30. The van der Waals surface area contributed by atoms with Crippen molar-refractivity contribution >= 4 is 5.91 Å². The Morgan fingerprint density at radius 1 is 1.13 bits per heavy atom. The minimum Gasteiger partial charge on any atom is -0.342 e. The number of nitrogens with two attached hydrogens (primary N) is 1. The van der Waals surface area contributed by atoms with E-state index < -0.39 is 0 Å². The van der Waals surface area contributed by atoms with E-state index in [-0.39, 0.29) is 0 Å². The standard InChI is InChI=1S/C12H20N2O/c13-9-3-5-14(6-4-9)12(15)11-7-10(11)8-1-2-8/h8-11H,1-7,13H2. The van der Waals surface area contributed by atoms with Crippen molar-refractivity contribution in [3.63, 3.8) is 0 Å². The summed E-state index contributed by atoms with van der Waals surface area (Å²) in [7, 11) is 0. The molecule has 3 nitrogen and oxygen atoms in total. The summed E-state index contributed by atoms with van der Waals surface area (Å²) in [6.45, 7) is 1.79. The van der Waals surface area contributed by atoms with Crippen LogP contribution in [0.15, 0.2) is 0 Å². The van der Waals surface area contributed by atoms with E-state index in [1.807, 2.05) is 0 Å². The lowest BCUT2D eigenvalue weighted by Crippen LogP contribution is -2.43. The maximum absolute atomic E-state index is 12.1. The molecule has 2 N–H and O–H groups in total. The average Bonchev–Trinajstić information content (AvgIpc) is 3.09. The van der Waals surface area contributed by atoms with Crippen LogP contribution in [-0.2, 0) is 4.79 Å². The van der Waals surface area contributed by atoms with Crippen molar-refractivity contribution < 1.29 is 4.79 Å². The molecule has 1 saturated heterocycles. The Hall–Kier alpha value is -0.570. The van der Waals surface area contributed by atoms with E-state index in [0.29, 0.717) is 17.9 Å². The van der Waals surface area contributed by atoms with Crippen LogP contribution in [0.25, 0.3) is 0 Å². The second-order valence-electron chi connectivity index (χ2n) is 5.51. The topological polar surface area (TPSA) is 46.3 Å². The molecule has 1 amide bonds. The summed E-state index contributed by atoms with van der Waals surface area (Å²) in [5.74, 6) is 2.49. The third-order valence-electron chi connectivity index (χ3n) is 4.24. The highest BCUT2D eigenvalue weighted by Crippen LogP contribution is 2.54. The smallest absolute Gasteiger partial charge is 0.225 e. The molecule has 15 heavy (non-hydrogen) atoms. The Balaban J connectivity index is 1.52. The number of hydrogen-bond acceptors (Lipinski definition) is 2. The summed E-state index contributed by atoms with van der Waals surface area (Å²) >= 11 is 0. The quantitative estimate of drug-likeness (QED) is 0.735. The lowest BCUT2D eigenvalue weighted by atomic mass is 10.1. The van der Waals surface area contributed by atoms with Crippen LogP contribution in [0.2, 0.25) is 0 Å². The molecule has 84 valence electrons.